The maximum absolute atomic E-state index is 13.1. The summed E-state index contributed by atoms with van der Waals surface area (Å²) in [5, 5.41) is 6.16. The predicted molar refractivity (Wildman–Crippen MR) is 106 cm³/mol. The minimum atomic E-state index is -0.818. The molecule has 2 N–H and O–H groups in total. The zero-order valence-electron chi connectivity index (χ0n) is 16.2. The van der Waals surface area contributed by atoms with Crippen LogP contribution in [0.4, 0.5) is 10.5 Å². The van der Waals surface area contributed by atoms with Crippen molar-refractivity contribution in [2.75, 3.05) is 5.32 Å². The highest BCUT2D eigenvalue weighted by molar-refractivity contribution is 6.07. The van der Waals surface area contributed by atoms with Crippen molar-refractivity contribution in [3.63, 3.8) is 0 Å². The van der Waals surface area contributed by atoms with Crippen LogP contribution in [0.2, 0.25) is 0 Å². The molecule has 1 aliphatic heterocycles. The topological polar surface area (TPSA) is 109 Å². The number of hydrogen-bond donors (Lipinski definition) is 2. The average Bonchev–Trinajstić information content (AvgIpc) is 2.81. The third-order valence-electron chi connectivity index (χ3n) is 5.68. The number of nitrogens with zero attached hydrogens (tertiary/aromatic N) is 1. The number of urea groups is 1. The summed E-state index contributed by atoms with van der Waals surface area (Å²) in [5.74, 6) is -0.462. The van der Waals surface area contributed by atoms with E-state index in [0.29, 0.717) is 29.5 Å². The van der Waals surface area contributed by atoms with Crippen LogP contribution in [0.15, 0.2) is 33.5 Å². The summed E-state index contributed by atoms with van der Waals surface area (Å²) < 4.78 is 5.26. The standard InChI is InChI=1S/C21H23N3O5/c1-13(25)22-15-6-7-16-14(10-18(26)29-17(16)11-15)12-24-19(27)21(23-20(24)28)8-4-2-3-5-9-21/h6-7,10-11H,2-5,8-9,12H2,1H3,(H,22,25)(H,23,28). The van der Waals surface area contributed by atoms with E-state index in [-0.39, 0.29) is 23.9 Å². The normalized spacial score (nSPS) is 18.7. The Labute approximate surface area is 167 Å². The van der Waals surface area contributed by atoms with Gasteiger partial charge in [-0.15, -0.1) is 0 Å². The Balaban J connectivity index is 1.66. The molecular formula is C21H23N3O5. The van der Waals surface area contributed by atoms with Crippen molar-refractivity contribution in [3.8, 4) is 0 Å². The van der Waals surface area contributed by atoms with E-state index < -0.39 is 17.2 Å². The number of rotatable bonds is 3. The van der Waals surface area contributed by atoms with Crippen molar-refractivity contribution in [2.45, 2.75) is 57.5 Å². The fraction of sp³-hybridized carbons (Fsp3) is 0.429. The first-order valence-corrected chi connectivity index (χ1v) is 9.86. The molecule has 1 aliphatic carbocycles. The van der Waals surface area contributed by atoms with Crippen molar-refractivity contribution in [1.29, 1.82) is 0 Å². The number of fused-ring (bicyclic) bond motifs is 1. The van der Waals surface area contributed by atoms with E-state index in [9.17, 15) is 19.2 Å². The molecule has 4 rings (SSSR count). The van der Waals surface area contributed by atoms with Crippen LogP contribution in [0.3, 0.4) is 0 Å². The number of carbonyl (C=O) groups excluding carboxylic acids is 3. The summed E-state index contributed by atoms with van der Waals surface area (Å²) in [5.41, 5.74) is -0.0855. The minimum Gasteiger partial charge on any atom is -0.423 e. The van der Waals surface area contributed by atoms with Gasteiger partial charge in [-0.1, -0.05) is 25.7 Å². The van der Waals surface area contributed by atoms with E-state index in [4.69, 9.17) is 4.42 Å². The maximum Gasteiger partial charge on any atom is 0.336 e. The number of nitrogens with one attached hydrogen (secondary N) is 2. The lowest BCUT2D eigenvalue weighted by molar-refractivity contribution is -0.132. The second-order valence-electron chi connectivity index (χ2n) is 7.80. The molecule has 1 saturated carbocycles. The second-order valence-corrected chi connectivity index (χ2v) is 7.80. The summed E-state index contributed by atoms with van der Waals surface area (Å²) >= 11 is 0. The first-order valence-electron chi connectivity index (χ1n) is 9.86. The van der Waals surface area contributed by atoms with Gasteiger partial charge in [0.1, 0.15) is 11.1 Å². The van der Waals surface area contributed by atoms with Gasteiger partial charge < -0.3 is 15.1 Å². The molecule has 1 aromatic carbocycles. The lowest BCUT2D eigenvalue weighted by Crippen LogP contribution is -2.46. The molecule has 29 heavy (non-hydrogen) atoms. The van der Waals surface area contributed by atoms with E-state index in [1.807, 2.05) is 0 Å². The zero-order chi connectivity index (χ0) is 20.6. The van der Waals surface area contributed by atoms with Gasteiger partial charge in [0.25, 0.3) is 5.91 Å². The molecule has 0 unspecified atom stereocenters. The Hall–Kier alpha value is -3.16. The Bertz CT molecular complexity index is 1050. The minimum absolute atomic E-state index is 0.00595. The van der Waals surface area contributed by atoms with Gasteiger partial charge in [0, 0.05) is 30.1 Å². The Morgan fingerprint density at radius 1 is 1.14 bits per heavy atom. The maximum atomic E-state index is 13.1. The highest BCUT2D eigenvalue weighted by Crippen LogP contribution is 2.34. The Kier molecular flexibility index (Phi) is 4.86. The first kappa shape index (κ1) is 19.2. The molecule has 2 heterocycles. The number of carbonyl (C=O) groups is 3. The summed E-state index contributed by atoms with van der Waals surface area (Å²) in [7, 11) is 0. The van der Waals surface area contributed by atoms with Gasteiger partial charge in [-0.05, 0) is 30.5 Å². The third kappa shape index (κ3) is 3.62. The van der Waals surface area contributed by atoms with Crippen molar-refractivity contribution in [1.82, 2.24) is 10.2 Å². The smallest absolute Gasteiger partial charge is 0.336 e. The fourth-order valence-electron chi connectivity index (χ4n) is 4.30. The molecule has 8 nitrogen and oxygen atoms in total. The summed E-state index contributed by atoms with van der Waals surface area (Å²) in [4.78, 5) is 50.3. The van der Waals surface area contributed by atoms with E-state index >= 15 is 0 Å². The molecule has 0 radical (unpaired) electrons. The van der Waals surface area contributed by atoms with Crippen molar-refractivity contribution in [2.24, 2.45) is 0 Å². The molecule has 2 aliphatic rings. The van der Waals surface area contributed by atoms with Crippen LogP contribution < -0.4 is 16.3 Å². The van der Waals surface area contributed by atoms with E-state index in [2.05, 4.69) is 10.6 Å². The number of benzene rings is 1. The molecular weight excluding hydrogens is 374 g/mol. The SMILES string of the molecule is CC(=O)Nc1ccc2c(CN3C(=O)NC4(CCCCCC4)C3=O)cc(=O)oc2c1. The van der Waals surface area contributed by atoms with Crippen LogP contribution in [0.5, 0.6) is 0 Å². The summed E-state index contributed by atoms with van der Waals surface area (Å²) in [6.45, 7) is 1.38. The van der Waals surface area contributed by atoms with Gasteiger partial charge >= 0.3 is 11.7 Å². The van der Waals surface area contributed by atoms with Crippen molar-refractivity contribution < 1.29 is 18.8 Å². The van der Waals surface area contributed by atoms with Crippen LogP contribution in [0.25, 0.3) is 11.0 Å². The van der Waals surface area contributed by atoms with Crippen LogP contribution in [-0.2, 0) is 16.1 Å². The third-order valence-corrected chi connectivity index (χ3v) is 5.68. The average molecular weight is 397 g/mol. The van der Waals surface area contributed by atoms with Crippen LogP contribution in [0, 0.1) is 0 Å². The van der Waals surface area contributed by atoms with Crippen molar-refractivity contribution >= 4 is 34.5 Å². The number of hydrogen-bond acceptors (Lipinski definition) is 5. The van der Waals surface area contributed by atoms with Crippen LogP contribution in [-0.4, -0.2) is 28.3 Å². The van der Waals surface area contributed by atoms with Crippen molar-refractivity contribution in [3.05, 3.63) is 40.2 Å². The van der Waals surface area contributed by atoms with Gasteiger partial charge in [0.05, 0.1) is 6.54 Å². The molecule has 152 valence electrons. The van der Waals surface area contributed by atoms with Gasteiger partial charge in [0.15, 0.2) is 0 Å². The highest BCUT2D eigenvalue weighted by atomic mass is 16.4. The molecule has 1 saturated heterocycles. The molecule has 2 aromatic rings. The van der Waals surface area contributed by atoms with E-state index in [0.717, 1.165) is 25.7 Å². The monoisotopic (exact) mass is 397 g/mol. The molecule has 1 aromatic heterocycles. The van der Waals surface area contributed by atoms with Crippen LogP contribution >= 0.6 is 0 Å². The molecule has 1 spiro atoms. The summed E-state index contributed by atoms with van der Waals surface area (Å²) in [6, 6.07) is 5.83. The number of imide groups is 1. The van der Waals surface area contributed by atoms with E-state index in [1.165, 1.54) is 17.9 Å². The Morgan fingerprint density at radius 3 is 2.55 bits per heavy atom. The van der Waals surface area contributed by atoms with Gasteiger partial charge in [-0.3, -0.25) is 14.5 Å². The number of amides is 4. The molecule has 0 bridgehead atoms. The second kappa shape index (κ2) is 7.35. The largest absolute Gasteiger partial charge is 0.423 e. The lowest BCUT2D eigenvalue weighted by atomic mass is 9.90. The molecule has 8 heteroatoms. The van der Waals surface area contributed by atoms with E-state index in [1.54, 1.807) is 18.2 Å². The fourth-order valence-corrected chi connectivity index (χ4v) is 4.30. The highest BCUT2D eigenvalue weighted by Gasteiger charge is 2.50. The zero-order valence-corrected chi connectivity index (χ0v) is 16.2. The Morgan fingerprint density at radius 2 is 1.86 bits per heavy atom. The van der Waals surface area contributed by atoms with Gasteiger partial charge in [0.2, 0.25) is 5.91 Å². The molecule has 4 amide bonds. The predicted octanol–water partition coefficient (Wildman–Crippen LogP) is 2.90. The molecule has 2 fully saturated rings. The molecule has 0 atom stereocenters. The number of anilines is 1. The quantitative estimate of drug-likeness (QED) is 0.611. The first-order chi connectivity index (χ1) is 13.9. The van der Waals surface area contributed by atoms with Crippen LogP contribution in [0.1, 0.15) is 51.0 Å². The lowest BCUT2D eigenvalue weighted by Gasteiger charge is -2.24. The van der Waals surface area contributed by atoms with Gasteiger partial charge in [-0.25, -0.2) is 9.59 Å². The summed E-state index contributed by atoms with van der Waals surface area (Å²) in [6.07, 6.45) is 5.22. The van der Waals surface area contributed by atoms with Gasteiger partial charge in [-0.2, -0.15) is 0 Å².